The van der Waals surface area contributed by atoms with Crippen LogP contribution in [0.25, 0.3) is 0 Å². The fourth-order valence-corrected chi connectivity index (χ4v) is 3.57. The standard InChI is InChI=1S/C24H34O10/c1-4-9-18(25)31-17-14-30-24(32-16-13-8-7-12-15(16)23(28)29)22(34-20(27)11-6-3)21(17)33-19(26)10-5-2/h12-13,17,21-22,24H,4-11,14H2,1-3H3,(H,28,29)/p+1/t17?,21-,22?,24-/m0/s1. The van der Waals surface area contributed by atoms with Crippen molar-refractivity contribution in [3.05, 3.63) is 23.5 Å². The van der Waals surface area contributed by atoms with Gasteiger partial charge in [-0.2, -0.15) is 0 Å². The van der Waals surface area contributed by atoms with Crippen molar-refractivity contribution in [3.8, 4) is 0 Å². The number of allylic oxidation sites excluding steroid dienone is 2. The Bertz CT molecular complexity index is 800. The van der Waals surface area contributed by atoms with Crippen LogP contribution in [0.4, 0.5) is 0 Å². The Labute approximate surface area is 199 Å². The normalized spacial score (nSPS) is 24.3. The largest absolute Gasteiger partial charge is 0.483 e. The summed E-state index contributed by atoms with van der Waals surface area (Å²) in [6.07, 6.45) is 1.90. The molecule has 4 atom stereocenters. The van der Waals surface area contributed by atoms with E-state index in [0.717, 1.165) is 0 Å². The summed E-state index contributed by atoms with van der Waals surface area (Å²) in [5, 5.41) is 9.51. The molecular weight excluding hydrogens is 448 g/mol. The molecule has 190 valence electrons. The second kappa shape index (κ2) is 13.7. The van der Waals surface area contributed by atoms with E-state index in [9.17, 15) is 24.3 Å². The van der Waals surface area contributed by atoms with E-state index in [2.05, 4.69) is 0 Å². The molecule has 1 saturated heterocycles. The molecule has 0 saturated carbocycles. The third-order valence-electron chi connectivity index (χ3n) is 5.16. The zero-order chi connectivity index (χ0) is 25.1. The molecular formula is C24H35O10+. The smallest absolute Gasteiger partial charge is 0.478 e. The summed E-state index contributed by atoms with van der Waals surface area (Å²) in [5.41, 5.74) is -0.0275. The Morgan fingerprint density at radius 3 is 2.12 bits per heavy atom. The summed E-state index contributed by atoms with van der Waals surface area (Å²) >= 11 is 0. The molecule has 0 bridgehead atoms. The predicted molar refractivity (Wildman–Crippen MR) is 120 cm³/mol. The molecule has 0 aromatic rings. The highest BCUT2D eigenvalue weighted by Crippen LogP contribution is 2.30. The first-order valence-corrected chi connectivity index (χ1v) is 11.8. The zero-order valence-electron chi connectivity index (χ0n) is 20.0. The van der Waals surface area contributed by atoms with Crippen LogP contribution in [-0.2, 0) is 38.1 Å². The summed E-state index contributed by atoms with van der Waals surface area (Å²) in [6.45, 7) is 5.34. The molecule has 0 radical (unpaired) electrons. The van der Waals surface area contributed by atoms with Gasteiger partial charge < -0.3 is 33.6 Å². The molecule has 0 amide bonds. The lowest BCUT2D eigenvalue weighted by atomic mass is 10.0. The van der Waals surface area contributed by atoms with Crippen LogP contribution in [0, 0.1) is 0 Å². The van der Waals surface area contributed by atoms with Gasteiger partial charge in [-0.25, -0.2) is 4.79 Å². The number of aliphatic carboxylic acids is 1. The summed E-state index contributed by atoms with van der Waals surface area (Å²) < 4.78 is 28.5. The van der Waals surface area contributed by atoms with Crippen molar-refractivity contribution >= 4 is 23.9 Å². The number of carbonyl (C=O) groups excluding carboxylic acids is 3. The topological polar surface area (TPSA) is 139 Å². The first-order chi connectivity index (χ1) is 16.3. The molecule has 2 rings (SSSR count). The van der Waals surface area contributed by atoms with Crippen molar-refractivity contribution in [1.29, 1.82) is 0 Å². The van der Waals surface area contributed by atoms with Crippen LogP contribution in [0.5, 0.6) is 0 Å². The Hall–Kier alpha value is -2.88. The van der Waals surface area contributed by atoms with Gasteiger partial charge in [-0.15, -0.1) is 0 Å². The quantitative estimate of drug-likeness (QED) is 0.252. The third-order valence-corrected chi connectivity index (χ3v) is 5.16. The second-order valence-corrected chi connectivity index (χ2v) is 8.10. The second-order valence-electron chi connectivity index (χ2n) is 8.10. The number of ether oxygens (including phenoxy) is 5. The van der Waals surface area contributed by atoms with Crippen molar-refractivity contribution in [2.24, 2.45) is 0 Å². The lowest BCUT2D eigenvalue weighted by Gasteiger charge is -2.38. The lowest BCUT2D eigenvalue weighted by Crippen LogP contribution is -2.58. The molecule has 10 nitrogen and oxygen atoms in total. The molecule has 2 aliphatic rings. The van der Waals surface area contributed by atoms with Crippen LogP contribution < -0.4 is 0 Å². The molecule has 34 heavy (non-hydrogen) atoms. The van der Waals surface area contributed by atoms with Gasteiger partial charge in [0.2, 0.25) is 18.5 Å². The highest BCUT2D eigenvalue weighted by atomic mass is 16.7. The Kier molecular flexibility index (Phi) is 11.1. The minimum absolute atomic E-state index is 0.0275. The van der Waals surface area contributed by atoms with Gasteiger partial charge in [0.15, 0.2) is 0 Å². The zero-order valence-corrected chi connectivity index (χ0v) is 20.0. The van der Waals surface area contributed by atoms with Crippen molar-refractivity contribution < 1.29 is 48.0 Å². The third kappa shape index (κ3) is 7.86. The van der Waals surface area contributed by atoms with Crippen molar-refractivity contribution in [3.63, 3.8) is 0 Å². The maximum Gasteiger partial charge on any atom is 0.483 e. The molecule has 0 aromatic heterocycles. The highest BCUT2D eigenvalue weighted by molar-refractivity contribution is 5.91. The SMILES string of the molecule is CCCC(=O)OC1[C@H](OC2=CCCC=C2C(=O)O)OCC(OC(=[OH+])CCC)[C@@H]1OC(=O)CCC. The van der Waals surface area contributed by atoms with E-state index in [1.807, 2.05) is 20.8 Å². The van der Waals surface area contributed by atoms with Gasteiger partial charge in [-0.3, -0.25) is 9.59 Å². The van der Waals surface area contributed by atoms with E-state index < -0.39 is 42.5 Å². The number of hydrogen-bond acceptors (Lipinski definition) is 8. The monoisotopic (exact) mass is 483 g/mol. The van der Waals surface area contributed by atoms with E-state index in [0.29, 0.717) is 32.1 Å². The maximum absolute atomic E-state index is 12.4. The molecule has 1 aliphatic carbocycles. The predicted octanol–water partition coefficient (Wildman–Crippen LogP) is 3.16. The van der Waals surface area contributed by atoms with Crippen LogP contribution in [0.2, 0.25) is 0 Å². The molecule has 2 N–H and O–H groups in total. The molecule has 10 heteroatoms. The Morgan fingerprint density at radius 2 is 1.53 bits per heavy atom. The first-order valence-electron chi connectivity index (χ1n) is 11.8. The van der Waals surface area contributed by atoms with E-state index in [4.69, 9.17) is 23.7 Å². The Balaban J connectivity index is 2.34. The fraction of sp³-hybridized carbons (Fsp3) is 0.667. The minimum Gasteiger partial charge on any atom is -0.478 e. The molecule has 0 spiro atoms. The number of rotatable bonds is 12. The summed E-state index contributed by atoms with van der Waals surface area (Å²) in [5.74, 6) is -2.42. The van der Waals surface area contributed by atoms with Gasteiger partial charge in [0, 0.05) is 12.8 Å². The molecule has 1 heterocycles. The molecule has 1 fully saturated rings. The van der Waals surface area contributed by atoms with Gasteiger partial charge in [-0.05, 0) is 38.2 Å². The molecule has 2 unspecified atom stereocenters. The maximum atomic E-state index is 12.4. The van der Waals surface area contributed by atoms with E-state index in [-0.39, 0.29) is 43.2 Å². The van der Waals surface area contributed by atoms with E-state index in [1.54, 1.807) is 12.2 Å². The first kappa shape index (κ1) is 27.4. The van der Waals surface area contributed by atoms with Gasteiger partial charge in [0.1, 0.15) is 18.8 Å². The molecule has 1 aliphatic heterocycles. The van der Waals surface area contributed by atoms with Gasteiger partial charge in [-0.1, -0.05) is 26.8 Å². The van der Waals surface area contributed by atoms with Gasteiger partial charge >= 0.3 is 23.9 Å². The van der Waals surface area contributed by atoms with Crippen LogP contribution in [0.15, 0.2) is 23.5 Å². The summed E-state index contributed by atoms with van der Waals surface area (Å²) in [6, 6.07) is 0. The Morgan fingerprint density at radius 1 is 0.941 bits per heavy atom. The number of carbonyl (C=O) groups is 3. The van der Waals surface area contributed by atoms with Gasteiger partial charge in [0.05, 0.1) is 5.57 Å². The number of hydrogen-bond donors (Lipinski definition) is 1. The van der Waals surface area contributed by atoms with Gasteiger partial charge in [0.25, 0.3) is 6.10 Å². The summed E-state index contributed by atoms with van der Waals surface area (Å²) in [4.78, 5) is 46.6. The van der Waals surface area contributed by atoms with Crippen LogP contribution >= 0.6 is 0 Å². The van der Waals surface area contributed by atoms with Crippen molar-refractivity contribution in [2.75, 3.05) is 6.61 Å². The van der Waals surface area contributed by atoms with Crippen LogP contribution in [-0.4, -0.2) is 65.0 Å². The van der Waals surface area contributed by atoms with Crippen LogP contribution in [0.3, 0.4) is 0 Å². The van der Waals surface area contributed by atoms with E-state index >= 15 is 0 Å². The number of esters is 3. The molecule has 0 aromatic carbocycles. The fourth-order valence-electron chi connectivity index (χ4n) is 3.57. The van der Waals surface area contributed by atoms with E-state index in [1.165, 1.54) is 0 Å². The van der Waals surface area contributed by atoms with Crippen molar-refractivity contribution in [2.45, 2.75) is 96.7 Å². The minimum atomic E-state index is -1.25. The highest BCUT2D eigenvalue weighted by Gasteiger charge is 2.52. The number of carboxylic acids is 1. The van der Waals surface area contributed by atoms with Crippen molar-refractivity contribution in [1.82, 2.24) is 0 Å². The lowest BCUT2D eigenvalue weighted by molar-refractivity contribution is -0.268. The average molecular weight is 484 g/mol. The summed E-state index contributed by atoms with van der Waals surface area (Å²) in [7, 11) is 0. The average Bonchev–Trinajstić information content (AvgIpc) is 2.78. The number of carboxylic acid groups (broad SMARTS) is 1. The van der Waals surface area contributed by atoms with Crippen LogP contribution in [0.1, 0.15) is 72.1 Å².